The molecule has 0 unspecified atom stereocenters. The molecular weight excluding hydrogens is 440 g/mol. The van der Waals surface area contributed by atoms with E-state index in [1.807, 2.05) is 48.5 Å². The lowest BCUT2D eigenvalue weighted by Crippen LogP contribution is -2.51. The van der Waals surface area contributed by atoms with Crippen LogP contribution in [-0.4, -0.2) is 42.5 Å². The minimum atomic E-state index is -0.623. The van der Waals surface area contributed by atoms with Gasteiger partial charge in [-0.05, 0) is 60.6 Å². The Hall–Kier alpha value is -3.02. The third-order valence-electron chi connectivity index (χ3n) is 6.69. The van der Waals surface area contributed by atoms with Crippen molar-refractivity contribution in [3.63, 3.8) is 0 Å². The third kappa shape index (κ3) is 7.74. The lowest BCUT2D eigenvalue weighted by atomic mass is 9.87. The van der Waals surface area contributed by atoms with Crippen molar-refractivity contribution in [2.24, 2.45) is 0 Å². The standard InChI is InChI=1S/C29H40N2O4/c1-21(28(33)30-24-11-7-6-8-12-24)31(19-22-10-9-13-26(18-22)34-5)27(32)20-35-25-16-14-23(15-17-25)29(2,3)4/h9-10,13-18,21,24H,6-8,11-12,19-20H2,1-5H3,(H,30,33)/t21-/m0/s1. The van der Waals surface area contributed by atoms with Crippen LogP contribution in [0.25, 0.3) is 0 Å². The van der Waals surface area contributed by atoms with Gasteiger partial charge in [-0.3, -0.25) is 9.59 Å². The molecule has 1 saturated carbocycles. The van der Waals surface area contributed by atoms with Gasteiger partial charge in [0.05, 0.1) is 7.11 Å². The minimum Gasteiger partial charge on any atom is -0.497 e. The van der Waals surface area contributed by atoms with E-state index < -0.39 is 6.04 Å². The second-order valence-electron chi connectivity index (χ2n) is 10.5. The summed E-state index contributed by atoms with van der Waals surface area (Å²) < 4.78 is 11.2. The Labute approximate surface area is 210 Å². The summed E-state index contributed by atoms with van der Waals surface area (Å²) in [5, 5.41) is 3.16. The van der Waals surface area contributed by atoms with Crippen LogP contribution >= 0.6 is 0 Å². The second kappa shape index (κ2) is 12.1. The monoisotopic (exact) mass is 480 g/mol. The van der Waals surface area contributed by atoms with E-state index in [4.69, 9.17) is 9.47 Å². The molecule has 2 amide bonds. The number of rotatable bonds is 9. The van der Waals surface area contributed by atoms with Gasteiger partial charge < -0.3 is 19.7 Å². The zero-order valence-corrected chi connectivity index (χ0v) is 21.8. The van der Waals surface area contributed by atoms with Crippen LogP contribution < -0.4 is 14.8 Å². The average Bonchev–Trinajstić information content (AvgIpc) is 2.86. The Morgan fingerprint density at radius 3 is 2.34 bits per heavy atom. The van der Waals surface area contributed by atoms with Crippen LogP contribution in [0.4, 0.5) is 0 Å². The van der Waals surface area contributed by atoms with Crippen molar-refractivity contribution in [3.05, 3.63) is 59.7 Å². The van der Waals surface area contributed by atoms with Gasteiger partial charge in [-0.2, -0.15) is 0 Å². The largest absolute Gasteiger partial charge is 0.497 e. The van der Waals surface area contributed by atoms with Crippen molar-refractivity contribution in [2.45, 2.75) is 83.8 Å². The zero-order chi connectivity index (χ0) is 25.4. The molecule has 0 heterocycles. The van der Waals surface area contributed by atoms with Crippen LogP contribution in [0.3, 0.4) is 0 Å². The van der Waals surface area contributed by atoms with Crippen LogP contribution in [0.1, 0.15) is 70.9 Å². The van der Waals surface area contributed by atoms with Gasteiger partial charge >= 0.3 is 0 Å². The smallest absolute Gasteiger partial charge is 0.261 e. The summed E-state index contributed by atoms with van der Waals surface area (Å²) in [6.45, 7) is 8.41. The van der Waals surface area contributed by atoms with Crippen molar-refractivity contribution >= 4 is 11.8 Å². The molecule has 6 nitrogen and oxygen atoms in total. The highest BCUT2D eigenvalue weighted by atomic mass is 16.5. The molecule has 3 rings (SSSR count). The Morgan fingerprint density at radius 1 is 1.03 bits per heavy atom. The predicted octanol–water partition coefficient (Wildman–Crippen LogP) is 5.24. The number of carbonyl (C=O) groups excluding carboxylic acids is 2. The number of methoxy groups -OCH3 is 1. The van der Waals surface area contributed by atoms with Crippen molar-refractivity contribution < 1.29 is 19.1 Å². The number of carbonyl (C=O) groups is 2. The molecule has 0 spiro atoms. The van der Waals surface area contributed by atoms with Gasteiger partial charge in [0.1, 0.15) is 17.5 Å². The van der Waals surface area contributed by atoms with E-state index in [0.717, 1.165) is 31.2 Å². The lowest BCUT2D eigenvalue weighted by Gasteiger charge is -2.31. The van der Waals surface area contributed by atoms with Gasteiger partial charge in [0.25, 0.3) is 5.91 Å². The van der Waals surface area contributed by atoms with E-state index >= 15 is 0 Å². The minimum absolute atomic E-state index is 0.0447. The summed E-state index contributed by atoms with van der Waals surface area (Å²) in [5.74, 6) is 0.984. The molecular formula is C29H40N2O4. The summed E-state index contributed by atoms with van der Waals surface area (Å²) >= 11 is 0. The fourth-order valence-corrected chi connectivity index (χ4v) is 4.40. The summed E-state index contributed by atoms with van der Waals surface area (Å²) in [7, 11) is 1.61. The van der Waals surface area contributed by atoms with Gasteiger partial charge in [0.15, 0.2) is 6.61 Å². The molecule has 0 aliphatic heterocycles. The molecule has 1 atom stereocenters. The summed E-state index contributed by atoms with van der Waals surface area (Å²) in [4.78, 5) is 28.0. The maximum atomic E-state index is 13.3. The lowest BCUT2D eigenvalue weighted by molar-refractivity contribution is -0.142. The highest BCUT2D eigenvalue weighted by Gasteiger charge is 2.28. The number of ether oxygens (including phenoxy) is 2. The first kappa shape index (κ1) is 26.6. The van der Waals surface area contributed by atoms with Gasteiger partial charge in [0, 0.05) is 12.6 Å². The zero-order valence-electron chi connectivity index (χ0n) is 21.8. The quantitative estimate of drug-likeness (QED) is 0.533. The number of nitrogens with one attached hydrogen (secondary N) is 1. The third-order valence-corrected chi connectivity index (χ3v) is 6.69. The van der Waals surface area contributed by atoms with Crippen molar-refractivity contribution in [1.29, 1.82) is 0 Å². The maximum absolute atomic E-state index is 13.3. The Morgan fingerprint density at radius 2 is 1.71 bits per heavy atom. The van der Waals surface area contributed by atoms with Crippen LogP contribution in [0, 0.1) is 0 Å². The normalized spacial score (nSPS) is 15.2. The predicted molar refractivity (Wildman–Crippen MR) is 139 cm³/mol. The summed E-state index contributed by atoms with van der Waals surface area (Å²) in [6, 6.07) is 14.9. The molecule has 0 saturated heterocycles. The Kier molecular flexibility index (Phi) is 9.19. The molecule has 190 valence electrons. The highest BCUT2D eigenvalue weighted by Crippen LogP contribution is 2.24. The fraction of sp³-hybridized carbons (Fsp3) is 0.517. The van der Waals surface area contributed by atoms with Gasteiger partial charge in [0.2, 0.25) is 5.91 Å². The van der Waals surface area contributed by atoms with Gasteiger partial charge in [-0.25, -0.2) is 0 Å². The molecule has 6 heteroatoms. The first-order valence-electron chi connectivity index (χ1n) is 12.6. The molecule has 0 aromatic heterocycles. The van der Waals surface area contributed by atoms with Crippen molar-refractivity contribution in [2.75, 3.05) is 13.7 Å². The van der Waals surface area contributed by atoms with Crippen LogP contribution in [0.5, 0.6) is 11.5 Å². The van der Waals surface area contributed by atoms with E-state index in [1.165, 1.54) is 12.0 Å². The molecule has 2 aromatic carbocycles. The van der Waals surface area contributed by atoms with Gasteiger partial charge in [-0.1, -0.05) is 64.3 Å². The molecule has 35 heavy (non-hydrogen) atoms. The van der Waals surface area contributed by atoms with Gasteiger partial charge in [-0.15, -0.1) is 0 Å². The molecule has 2 aromatic rings. The van der Waals surface area contributed by atoms with Crippen molar-refractivity contribution in [3.8, 4) is 11.5 Å². The summed E-state index contributed by atoms with van der Waals surface area (Å²) in [6.07, 6.45) is 5.48. The van der Waals surface area contributed by atoms with Crippen molar-refractivity contribution in [1.82, 2.24) is 10.2 Å². The average molecular weight is 481 g/mol. The van der Waals surface area contributed by atoms with E-state index in [1.54, 1.807) is 18.9 Å². The van der Waals surface area contributed by atoms with E-state index in [-0.39, 0.29) is 29.9 Å². The fourth-order valence-electron chi connectivity index (χ4n) is 4.40. The molecule has 1 aliphatic carbocycles. The molecule has 0 bridgehead atoms. The number of amides is 2. The Bertz CT molecular complexity index is 975. The number of benzene rings is 2. The second-order valence-corrected chi connectivity index (χ2v) is 10.5. The van der Waals surface area contributed by atoms with E-state index in [9.17, 15) is 9.59 Å². The van der Waals surface area contributed by atoms with E-state index in [2.05, 4.69) is 26.1 Å². The number of hydrogen-bond acceptors (Lipinski definition) is 4. The maximum Gasteiger partial charge on any atom is 0.261 e. The van der Waals surface area contributed by atoms with Crippen LogP contribution in [0.2, 0.25) is 0 Å². The molecule has 0 radical (unpaired) electrons. The summed E-state index contributed by atoms with van der Waals surface area (Å²) in [5.41, 5.74) is 2.14. The first-order valence-corrected chi connectivity index (χ1v) is 12.6. The number of nitrogens with zero attached hydrogens (tertiary/aromatic N) is 1. The SMILES string of the molecule is COc1cccc(CN(C(=O)COc2ccc(C(C)(C)C)cc2)[C@@H](C)C(=O)NC2CCCCC2)c1. The molecule has 1 aliphatic rings. The topological polar surface area (TPSA) is 67.9 Å². The first-order chi connectivity index (χ1) is 16.7. The molecule has 1 fully saturated rings. The van der Waals surface area contributed by atoms with Crippen LogP contribution in [0.15, 0.2) is 48.5 Å². The van der Waals surface area contributed by atoms with E-state index in [0.29, 0.717) is 18.0 Å². The molecule has 1 N–H and O–H groups in total. The van der Waals surface area contributed by atoms with Crippen LogP contribution in [-0.2, 0) is 21.5 Å². The Balaban J connectivity index is 1.71. The number of hydrogen-bond donors (Lipinski definition) is 1. The highest BCUT2D eigenvalue weighted by molar-refractivity contribution is 5.88.